The summed E-state index contributed by atoms with van der Waals surface area (Å²) in [5, 5.41) is 13.3. The molecule has 0 saturated heterocycles. The second-order valence-electron chi connectivity index (χ2n) is 4.80. The lowest BCUT2D eigenvalue weighted by Gasteiger charge is -2.21. The van der Waals surface area contributed by atoms with Gasteiger partial charge in [-0.2, -0.15) is 0 Å². The minimum Gasteiger partial charge on any atom is -0.548 e. The molecule has 0 radical (unpaired) electrons. The fourth-order valence-electron chi connectivity index (χ4n) is 2.14. The minimum atomic E-state index is -1.30. The molecule has 1 atom stereocenters. The lowest BCUT2D eigenvalue weighted by molar-refractivity contribution is -0.307. The monoisotopic (exact) mass is 282 g/mol. The van der Waals surface area contributed by atoms with Gasteiger partial charge in [0, 0.05) is 0 Å². The average molecular weight is 282 g/mol. The van der Waals surface area contributed by atoms with Crippen LogP contribution in [0.4, 0.5) is 0 Å². The molecule has 4 nitrogen and oxygen atoms in total. The molecule has 1 N–H and O–H groups in total. The maximum Gasteiger partial charge on any atom is 0.232 e. The van der Waals surface area contributed by atoms with Crippen LogP contribution in [-0.4, -0.2) is 17.9 Å². The summed E-state index contributed by atoms with van der Waals surface area (Å²) in [5.41, 5.74) is 1.62. The quantitative estimate of drug-likeness (QED) is 0.892. The van der Waals surface area contributed by atoms with Gasteiger partial charge in [-0.15, -0.1) is 0 Å². The van der Waals surface area contributed by atoms with Gasteiger partial charge in [-0.05, 0) is 18.1 Å². The van der Waals surface area contributed by atoms with Crippen LogP contribution in [0.2, 0.25) is 0 Å². The number of rotatable bonds is 5. The Balaban J connectivity index is 2.33. The maximum atomic E-state index is 12.5. The van der Waals surface area contributed by atoms with Crippen LogP contribution in [0.5, 0.6) is 0 Å². The molecule has 108 valence electrons. The molecular formula is C17H16NO3-. The van der Waals surface area contributed by atoms with Crippen molar-refractivity contribution in [3.8, 4) is 0 Å². The van der Waals surface area contributed by atoms with Crippen LogP contribution >= 0.6 is 0 Å². The predicted octanol–water partition coefficient (Wildman–Crippen LogP) is 1.07. The van der Waals surface area contributed by atoms with Gasteiger partial charge in [0.05, 0.1) is 17.9 Å². The maximum absolute atomic E-state index is 12.5. The standard InChI is InChI=1S/C17H17NO3/c1-12(17(20)21)18-16(19)15(13-8-4-2-5-9-13)14-10-6-3-7-11-14/h2-12,15H,1H3,(H,18,19)(H,20,21)/p-1. The Hall–Kier alpha value is -2.62. The minimum absolute atomic E-state index is 0.357. The van der Waals surface area contributed by atoms with Gasteiger partial charge in [-0.25, -0.2) is 0 Å². The topological polar surface area (TPSA) is 69.2 Å². The smallest absolute Gasteiger partial charge is 0.232 e. The first-order valence-electron chi connectivity index (χ1n) is 6.70. The van der Waals surface area contributed by atoms with Gasteiger partial charge in [-0.1, -0.05) is 60.7 Å². The number of hydrogen-bond acceptors (Lipinski definition) is 3. The summed E-state index contributed by atoms with van der Waals surface area (Å²) < 4.78 is 0. The van der Waals surface area contributed by atoms with E-state index in [4.69, 9.17) is 0 Å². The van der Waals surface area contributed by atoms with E-state index in [0.29, 0.717) is 0 Å². The molecule has 2 aromatic rings. The van der Waals surface area contributed by atoms with Crippen LogP contribution in [0, 0.1) is 0 Å². The molecule has 0 aromatic heterocycles. The van der Waals surface area contributed by atoms with Crippen LogP contribution < -0.4 is 10.4 Å². The molecule has 2 rings (SSSR count). The highest BCUT2D eigenvalue weighted by molar-refractivity contribution is 5.90. The number of carbonyl (C=O) groups excluding carboxylic acids is 2. The third kappa shape index (κ3) is 3.69. The molecule has 0 heterocycles. The van der Waals surface area contributed by atoms with Crippen molar-refractivity contribution in [2.75, 3.05) is 0 Å². The van der Waals surface area contributed by atoms with E-state index < -0.39 is 17.9 Å². The van der Waals surface area contributed by atoms with Crippen LogP contribution in [0.3, 0.4) is 0 Å². The number of carboxylic acid groups (broad SMARTS) is 1. The molecular weight excluding hydrogens is 266 g/mol. The summed E-state index contributed by atoms with van der Waals surface area (Å²) in [6, 6.07) is 17.5. The van der Waals surface area contributed by atoms with Gasteiger partial charge in [0.2, 0.25) is 5.91 Å². The van der Waals surface area contributed by atoms with Crippen LogP contribution in [0.15, 0.2) is 60.7 Å². The van der Waals surface area contributed by atoms with Gasteiger partial charge < -0.3 is 15.2 Å². The van der Waals surface area contributed by atoms with E-state index in [1.54, 1.807) is 0 Å². The van der Waals surface area contributed by atoms with Crippen molar-refractivity contribution in [3.63, 3.8) is 0 Å². The molecule has 0 aliphatic heterocycles. The highest BCUT2D eigenvalue weighted by atomic mass is 16.4. The van der Waals surface area contributed by atoms with Crippen molar-refractivity contribution in [2.24, 2.45) is 0 Å². The first-order valence-corrected chi connectivity index (χ1v) is 6.70. The van der Waals surface area contributed by atoms with E-state index in [1.165, 1.54) is 6.92 Å². The summed E-state index contributed by atoms with van der Waals surface area (Å²) in [5.74, 6) is -2.21. The van der Waals surface area contributed by atoms with Gasteiger partial charge in [0.1, 0.15) is 0 Å². The zero-order valence-electron chi connectivity index (χ0n) is 11.7. The fraction of sp³-hybridized carbons (Fsp3) is 0.176. The number of aliphatic carboxylic acids is 1. The van der Waals surface area contributed by atoms with Crippen LogP contribution in [0.25, 0.3) is 0 Å². The van der Waals surface area contributed by atoms with Gasteiger partial charge in [0.25, 0.3) is 0 Å². The van der Waals surface area contributed by atoms with Gasteiger partial charge in [-0.3, -0.25) is 4.79 Å². The van der Waals surface area contributed by atoms with Crippen molar-refractivity contribution in [2.45, 2.75) is 18.9 Å². The van der Waals surface area contributed by atoms with Crippen LogP contribution in [0.1, 0.15) is 24.0 Å². The third-order valence-corrected chi connectivity index (χ3v) is 3.24. The Morgan fingerprint density at radius 1 is 0.905 bits per heavy atom. The summed E-state index contributed by atoms with van der Waals surface area (Å²) >= 11 is 0. The molecule has 1 unspecified atom stereocenters. The number of carboxylic acids is 1. The molecule has 0 bridgehead atoms. The Morgan fingerprint density at radius 2 is 1.33 bits per heavy atom. The first-order chi connectivity index (χ1) is 10.1. The largest absolute Gasteiger partial charge is 0.548 e. The van der Waals surface area contributed by atoms with E-state index in [9.17, 15) is 14.7 Å². The van der Waals surface area contributed by atoms with Crippen LogP contribution in [-0.2, 0) is 9.59 Å². The average Bonchev–Trinajstić information content (AvgIpc) is 2.49. The zero-order valence-corrected chi connectivity index (χ0v) is 11.7. The van der Waals surface area contributed by atoms with Gasteiger partial charge in [0.15, 0.2) is 0 Å². The van der Waals surface area contributed by atoms with Gasteiger partial charge >= 0.3 is 0 Å². The third-order valence-electron chi connectivity index (χ3n) is 3.24. The molecule has 0 aliphatic carbocycles. The number of carbonyl (C=O) groups is 2. The molecule has 4 heteroatoms. The highest BCUT2D eigenvalue weighted by Crippen LogP contribution is 2.24. The Bertz CT molecular complexity index is 571. The molecule has 0 spiro atoms. The summed E-state index contributed by atoms with van der Waals surface area (Å²) in [6.45, 7) is 1.39. The number of amides is 1. The summed E-state index contributed by atoms with van der Waals surface area (Å²) in [6.07, 6.45) is 0. The van der Waals surface area contributed by atoms with Crippen molar-refractivity contribution in [1.82, 2.24) is 5.32 Å². The first kappa shape index (κ1) is 14.8. The second kappa shape index (κ2) is 6.70. The molecule has 0 fully saturated rings. The summed E-state index contributed by atoms with van der Waals surface area (Å²) in [7, 11) is 0. The number of nitrogens with one attached hydrogen (secondary N) is 1. The fourth-order valence-corrected chi connectivity index (χ4v) is 2.14. The molecule has 1 amide bonds. The molecule has 0 saturated carbocycles. The lowest BCUT2D eigenvalue weighted by atomic mass is 9.90. The molecule has 2 aromatic carbocycles. The van der Waals surface area contributed by atoms with E-state index >= 15 is 0 Å². The van der Waals surface area contributed by atoms with E-state index in [2.05, 4.69) is 5.32 Å². The Kier molecular flexibility index (Phi) is 4.72. The van der Waals surface area contributed by atoms with Crippen molar-refractivity contribution in [1.29, 1.82) is 0 Å². The predicted molar refractivity (Wildman–Crippen MR) is 77.3 cm³/mol. The number of benzene rings is 2. The SMILES string of the molecule is CC(NC(=O)C(c1ccccc1)c1ccccc1)C(=O)[O-]. The molecule has 21 heavy (non-hydrogen) atoms. The van der Waals surface area contributed by atoms with Crippen molar-refractivity contribution < 1.29 is 14.7 Å². The van der Waals surface area contributed by atoms with Crippen molar-refractivity contribution >= 4 is 11.9 Å². The highest BCUT2D eigenvalue weighted by Gasteiger charge is 2.23. The van der Waals surface area contributed by atoms with E-state index in [1.807, 2.05) is 60.7 Å². The Labute approximate surface area is 123 Å². The van der Waals surface area contributed by atoms with E-state index in [-0.39, 0.29) is 5.91 Å². The Morgan fingerprint density at radius 3 is 1.71 bits per heavy atom. The normalized spacial score (nSPS) is 11.9. The van der Waals surface area contributed by atoms with E-state index in [0.717, 1.165) is 11.1 Å². The summed E-state index contributed by atoms with van der Waals surface area (Å²) in [4.78, 5) is 23.3. The number of hydrogen-bond donors (Lipinski definition) is 1. The zero-order chi connectivity index (χ0) is 15.2. The second-order valence-corrected chi connectivity index (χ2v) is 4.80. The lowest BCUT2D eigenvalue weighted by Crippen LogP contribution is -2.47. The molecule has 0 aliphatic rings. The van der Waals surface area contributed by atoms with Crippen molar-refractivity contribution in [3.05, 3.63) is 71.8 Å².